The number of oxime groups is 1. The monoisotopic (exact) mass is 422 g/mol. The number of halogens is 2. The van der Waals surface area contributed by atoms with Crippen LogP contribution in [0.25, 0.3) is 0 Å². The number of carbonyl (C=O) groups excluding carboxylic acids is 1. The average Bonchev–Trinajstić information content (AvgIpc) is 2.78. The van der Waals surface area contributed by atoms with E-state index in [0.717, 1.165) is 5.56 Å². The molecule has 3 aromatic rings. The fourth-order valence-corrected chi connectivity index (χ4v) is 3.96. The van der Waals surface area contributed by atoms with E-state index in [0.29, 0.717) is 29.8 Å². The molecule has 2 N–H and O–H groups in total. The Hall–Kier alpha value is -3.74. The molecule has 1 aliphatic heterocycles. The minimum Gasteiger partial charge on any atom is -0.508 e. The number of rotatable bonds is 6. The molecule has 2 atom stereocenters. The van der Waals surface area contributed by atoms with Crippen LogP contribution in [-0.4, -0.2) is 21.9 Å². The summed E-state index contributed by atoms with van der Waals surface area (Å²) in [4.78, 5) is 14.6. The van der Waals surface area contributed by atoms with Gasteiger partial charge in [-0.05, 0) is 72.5 Å². The van der Waals surface area contributed by atoms with Gasteiger partial charge in [-0.2, -0.15) is 0 Å². The van der Waals surface area contributed by atoms with E-state index < -0.39 is 17.6 Å². The topological polar surface area (TPSA) is 73.1 Å². The molecule has 1 fully saturated rings. The largest absolute Gasteiger partial charge is 0.508 e. The number of hydrogen-bond acceptors (Lipinski definition) is 4. The Kier molecular flexibility index (Phi) is 5.66. The number of amides is 1. The van der Waals surface area contributed by atoms with Crippen molar-refractivity contribution in [3.05, 3.63) is 95.6 Å². The first-order chi connectivity index (χ1) is 15.0. The van der Waals surface area contributed by atoms with Gasteiger partial charge in [0.15, 0.2) is 0 Å². The highest BCUT2D eigenvalue weighted by molar-refractivity contribution is 6.04. The fourth-order valence-electron chi connectivity index (χ4n) is 3.96. The van der Waals surface area contributed by atoms with Crippen molar-refractivity contribution in [2.45, 2.75) is 18.9 Å². The van der Waals surface area contributed by atoms with Gasteiger partial charge in [0.05, 0.1) is 17.7 Å². The molecule has 4 rings (SSSR count). The summed E-state index contributed by atoms with van der Waals surface area (Å²) >= 11 is 0. The van der Waals surface area contributed by atoms with Gasteiger partial charge in [0.1, 0.15) is 17.4 Å². The van der Waals surface area contributed by atoms with Gasteiger partial charge in [-0.3, -0.25) is 4.79 Å². The number of hydrogen-bond donors (Lipinski definition) is 2. The van der Waals surface area contributed by atoms with Crippen LogP contribution >= 0.6 is 0 Å². The number of nitrogens with zero attached hydrogens (tertiary/aromatic N) is 2. The van der Waals surface area contributed by atoms with Crippen molar-refractivity contribution in [1.29, 1.82) is 0 Å². The number of benzene rings is 3. The molecule has 5 nitrogen and oxygen atoms in total. The van der Waals surface area contributed by atoms with E-state index in [1.54, 1.807) is 41.3 Å². The lowest BCUT2D eigenvalue weighted by Crippen LogP contribution is -2.55. The van der Waals surface area contributed by atoms with Crippen molar-refractivity contribution in [1.82, 2.24) is 0 Å². The maximum atomic E-state index is 13.4. The molecule has 1 saturated heterocycles. The summed E-state index contributed by atoms with van der Waals surface area (Å²) in [6, 6.07) is 17.6. The van der Waals surface area contributed by atoms with Crippen molar-refractivity contribution in [3.63, 3.8) is 0 Å². The van der Waals surface area contributed by atoms with E-state index in [1.165, 1.54) is 36.4 Å². The first kappa shape index (κ1) is 20.5. The molecule has 3 aromatic carbocycles. The van der Waals surface area contributed by atoms with Crippen molar-refractivity contribution < 1.29 is 23.9 Å². The second-order valence-electron chi connectivity index (χ2n) is 7.42. The normalized spacial score (nSPS) is 18.7. The van der Waals surface area contributed by atoms with E-state index in [9.17, 15) is 23.9 Å². The van der Waals surface area contributed by atoms with Gasteiger partial charge in [-0.15, -0.1) is 0 Å². The molecule has 1 aliphatic rings. The Morgan fingerprint density at radius 2 is 1.48 bits per heavy atom. The Balaban J connectivity index is 1.58. The molecule has 0 unspecified atom stereocenters. The van der Waals surface area contributed by atoms with E-state index in [1.807, 2.05) is 0 Å². The second-order valence-corrected chi connectivity index (χ2v) is 7.42. The Bertz CT molecular complexity index is 1100. The van der Waals surface area contributed by atoms with E-state index in [4.69, 9.17) is 0 Å². The number of carbonyl (C=O) groups is 1. The van der Waals surface area contributed by atoms with Crippen LogP contribution in [0.15, 0.2) is 78.0 Å². The first-order valence-electron chi connectivity index (χ1n) is 9.82. The highest BCUT2D eigenvalue weighted by Gasteiger charge is 2.48. The smallest absolute Gasteiger partial charge is 0.233 e. The fraction of sp³-hybridized carbons (Fsp3) is 0.167. The minimum absolute atomic E-state index is 0.116. The van der Waals surface area contributed by atoms with E-state index >= 15 is 0 Å². The average molecular weight is 422 g/mol. The third kappa shape index (κ3) is 4.12. The van der Waals surface area contributed by atoms with Crippen molar-refractivity contribution in [2.24, 2.45) is 11.1 Å². The summed E-state index contributed by atoms with van der Waals surface area (Å²) in [6.07, 6.45) is 0.712. The number of anilines is 1. The predicted octanol–water partition coefficient (Wildman–Crippen LogP) is 5.03. The van der Waals surface area contributed by atoms with Gasteiger partial charge in [-0.1, -0.05) is 29.4 Å². The Morgan fingerprint density at radius 1 is 0.903 bits per heavy atom. The molecule has 158 valence electrons. The summed E-state index contributed by atoms with van der Waals surface area (Å²) in [5.41, 5.74) is 2.34. The van der Waals surface area contributed by atoms with Gasteiger partial charge in [0.25, 0.3) is 0 Å². The summed E-state index contributed by atoms with van der Waals surface area (Å²) in [7, 11) is 0. The lowest BCUT2D eigenvalue weighted by atomic mass is 9.78. The van der Waals surface area contributed by atoms with Crippen LogP contribution in [0.1, 0.15) is 30.0 Å². The van der Waals surface area contributed by atoms with Crippen molar-refractivity contribution >= 4 is 17.3 Å². The molecular formula is C24H20F2N2O3. The van der Waals surface area contributed by atoms with Crippen LogP contribution in [0.4, 0.5) is 14.5 Å². The SMILES string of the molecule is O=C1[C@@H](CCC(=NO)c2ccc(F)cc2)[C@H](c2ccc(O)cc2)N1c1ccc(F)cc1. The van der Waals surface area contributed by atoms with Gasteiger partial charge in [-0.25, -0.2) is 8.78 Å². The molecule has 0 radical (unpaired) electrons. The zero-order valence-electron chi connectivity index (χ0n) is 16.5. The lowest BCUT2D eigenvalue weighted by molar-refractivity contribution is -0.130. The molecule has 7 heteroatoms. The van der Waals surface area contributed by atoms with Crippen LogP contribution in [0.5, 0.6) is 5.75 Å². The third-order valence-corrected chi connectivity index (χ3v) is 5.54. The van der Waals surface area contributed by atoms with Crippen molar-refractivity contribution in [2.75, 3.05) is 4.90 Å². The molecular weight excluding hydrogens is 402 g/mol. The van der Waals surface area contributed by atoms with Gasteiger partial charge < -0.3 is 15.2 Å². The van der Waals surface area contributed by atoms with Gasteiger partial charge in [0.2, 0.25) is 5.91 Å². The molecule has 0 aromatic heterocycles. The van der Waals surface area contributed by atoms with Gasteiger partial charge >= 0.3 is 0 Å². The zero-order chi connectivity index (χ0) is 22.0. The quantitative estimate of drug-likeness (QED) is 0.253. The summed E-state index contributed by atoms with van der Waals surface area (Å²) < 4.78 is 26.5. The number of aromatic hydroxyl groups is 1. The van der Waals surface area contributed by atoms with Crippen LogP contribution in [0.2, 0.25) is 0 Å². The third-order valence-electron chi connectivity index (χ3n) is 5.54. The zero-order valence-corrected chi connectivity index (χ0v) is 16.5. The van der Waals surface area contributed by atoms with E-state index in [-0.39, 0.29) is 17.7 Å². The molecule has 0 aliphatic carbocycles. The number of β-lactam (4-membered cyclic amide) rings is 1. The molecule has 31 heavy (non-hydrogen) atoms. The summed E-state index contributed by atoms with van der Waals surface area (Å²) in [6.45, 7) is 0. The molecule has 0 saturated carbocycles. The van der Waals surface area contributed by atoms with Crippen molar-refractivity contribution in [3.8, 4) is 5.75 Å². The molecule has 0 bridgehead atoms. The van der Waals surface area contributed by atoms with Gasteiger partial charge in [0, 0.05) is 5.69 Å². The Morgan fingerprint density at radius 3 is 2.06 bits per heavy atom. The Labute approximate surface area is 177 Å². The standard InChI is InChI=1S/C24H20F2N2O3/c25-17-5-1-15(2-6-17)22(27-31)14-13-21-23(16-3-11-20(29)12-4-16)28(24(21)30)19-9-7-18(26)8-10-19/h1-12,21,23,29,31H,13-14H2/t21-,23-/m0/s1. The summed E-state index contributed by atoms with van der Waals surface area (Å²) in [5, 5.41) is 22.4. The number of phenols is 1. The molecule has 1 amide bonds. The maximum Gasteiger partial charge on any atom is 0.233 e. The lowest BCUT2D eigenvalue weighted by Gasteiger charge is -2.47. The molecule has 1 heterocycles. The van der Waals surface area contributed by atoms with Crippen LogP contribution in [0.3, 0.4) is 0 Å². The maximum absolute atomic E-state index is 13.4. The highest BCUT2D eigenvalue weighted by Crippen LogP contribution is 2.46. The predicted molar refractivity (Wildman–Crippen MR) is 112 cm³/mol. The minimum atomic E-state index is -0.396. The van der Waals surface area contributed by atoms with Crippen LogP contribution in [-0.2, 0) is 4.79 Å². The summed E-state index contributed by atoms with van der Waals surface area (Å²) in [5.74, 6) is -1.19. The molecule has 0 spiro atoms. The van der Waals surface area contributed by atoms with Crippen LogP contribution < -0.4 is 4.90 Å². The first-order valence-corrected chi connectivity index (χ1v) is 9.82. The number of phenolic OH excluding ortho intramolecular Hbond substituents is 1. The van der Waals surface area contributed by atoms with Crippen LogP contribution in [0, 0.1) is 17.6 Å². The van der Waals surface area contributed by atoms with E-state index in [2.05, 4.69) is 5.16 Å². The second kappa shape index (κ2) is 8.55. The highest BCUT2D eigenvalue weighted by atomic mass is 19.1.